The lowest BCUT2D eigenvalue weighted by Gasteiger charge is -2.07. The molecule has 1 N–H and O–H groups in total. The van der Waals surface area contributed by atoms with Crippen LogP contribution in [-0.2, 0) is 0 Å². The Morgan fingerprint density at radius 1 is 1.54 bits per heavy atom. The first-order chi connectivity index (χ1) is 6.31. The normalized spacial score (nSPS) is 11.8. The predicted octanol–water partition coefficient (Wildman–Crippen LogP) is 0.379. The van der Waals surface area contributed by atoms with Crippen molar-refractivity contribution in [2.45, 2.75) is 6.04 Å². The van der Waals surface area contributed by atoms with E-state index in [1.807, 2.05) is 0 Å². The number of hydrogen-bond donors (Lipinski definition) is 1. The summed E-state index contributed by atoms with van der Waals surface area (Å²) in [7, 11) is 3.32. The molecule has 0 fully saturated rings. The van der Waals surface area contributed by atoms with E-state index in [9.17, 15) is 0 Å². The maximum Gasteiger partial charge on any atom is 0.233 e. The summed E-state index contributed by atoms with van der Waals surface area (Å²) in [6.07, 6.45) is 5.27. The SMILES string of the molecule is C#CC(NC)c1ccc(OC)nn1. The van der Waals surface area contributed by atoms with Gasteiger partial charge in [-0.3, -0.25) is 0 Å². The van der Waals surface area contributed by atoms with E-state index in [-0.39, 0.29) is 6.04 Å². The number of nitrogens with zero attached hydrogens (tertiary/aromatic N) is 2. The van der Waals surface area contributed by atoms with Gasteiger partial charge in [-0.05, 0) is 13.1 Å². The van der Waals surface area contributed by atoms with Gasteiger partial charge in [-0.25, -0.2) is 0 Å². The van der Waals surface area contributed by atoms with E-state index < -0.39 is 0 Å². The molecule has 0 aliphatic rings. The summed E-state index contributed by atoms with van der Waals surface area (Å²) in [4.78, 5) is 0. The van der Waals surface area contributed by atoms with Crippen LogP contribution in [-0.4, -0.2) is 24.4 Å². The monoisotopic (exact) mass is 177 g/mol. The summed E-state index contributed by atoms with van der Waals surface area (Å²) in [6.45, 7) is 0. The van der Waals surface area contributed by atoms with Crippen LogP contribution < -0.4 is 10.1 Å². The molecule has 1 heterocycles. The molecule has 1 aromatic rings. The molecule has 4 nitrogen and oxygen atoms in total. The Hall–Kier alpha value is -1.60. The van der Waals surface area contributed by atoms with Crippen molar-refractivity contribution in [3.05, 3.63) is 17.8 Å². The maximum atomic E-state index is 5.27. The molecule has 0 bridgehead atoms. The molecule has 0 spiro atoms. The average Bonchev–Trinajstić information content (AvgIpc) is 2.21. The van der Waals surface area contributed by atoms with Crippen molar-refractivity contribution >= 4 is 0 Å². The fraction of sp³-hybridized carbons (Fsp3) is 0.333. The Labute approximate surface area is 77.3 Å². The number of methoxy groups -OCH3 is 1. The third kappa shape index (κ3) is 2.17. The average molecular weight is 177 g/mol. The highest BCUT2D eigenvalue weighted by Gasteiger charge is 2.06. The largest absolute Gasteiger partial charge is 0.480 e. The highest BCUT2D eigenvalue weighted by atomic mass is 16.5. The van der Waals surface area contributed by atoms with Crippen LogP contribution in [0.15, 0.2) is 12.1 Å². The van der Waals surface area contributed by atoms with E-state index in [0.717, 1.165) is 0 Å². The second-order valence-electron chi connectivity index (χ2n) is 2.39. The molecule has 0 saturated carbocycles. The van der Waals surface area contributed by atoms with E-state index in [1.165, 1.54) is 0 Å². The quantitative estimate of drug-likeness (QED) is 0.678. The molecule has 0 saturated heterocycles. The van der Waals surface area contributed by atoms with Crippen molar-refractivity contribution in [3.63, 3.8) is 0 Å². The van der Waals surface area contributed by atoms with Gasteiger partial charge in [-0.1, -0.05) is 5.92 Å². The van der Waals surface area contributed by atoms with Gasteiger partial charge in [0.05, 0.1) is 12.8 Å². The first-order valence-electron chi connectivity index (χ1n) is 3.82. The standard InChI is InChI=1S/C9H11N3O/c1-4-7(10-2)8-5-6-9(13-3)12-11-8/h1,5-7,10H,2-3H3. The summed E-state index contributed by atoms with van der Waals surface area (Å²) in [5, 5.41) is 10.6. The lowest BCUT2D eigenvalue weighted by molar-refractivity contribution is 0.390. The minimum absolute atomic E-state index is 0.196. The van der Waals surface area contributed by atoms with Gasteiger partial charge < -0.3 is 10.1 Å². The molecule has 1 rings (SSSR count). The van der Waals surface area contributed by atoms with Gasteiger partial charge in [0, 0.05) is 6.07 Å². The zero-order chi connectivity index (χ0) is 9.68. The molecule has 4 heteroatoms. The van der Waals surface area contributed by atoms with Crippen molar-refractivity contribution in [1.82, 2.24) is 15.5 Å². The van der Waals surface area contributed by atoms with Gasteiger partial charge in [0.2, 0.25) is 5.88 Å². The van der Waals surface area contributed by atoms with E-state index in [0.29, 0.717) is 11.6 Å². The Balaban J connectivity index is 2.86. The van der Waals surface area contributed by atoms with Crippen molar-refractivity contribution in [1.29, 1.82) is 0 Å². The molecule has 0 aliphatic carbocycles. The van der Waals surface area contributed by atoms with E-state index in [2.05, 4.69) is 21.4 Å². The molecule has 0 radical (unpaired) electrons. The first-order valence-corrected chi connectivity index (χ1v) is 3.82. The minimum atomic E-state index is -0.196. The summed E-state index contributed by atoms with van der Waals surface area (Å²) in [5.41, 5.74) is 0.714. The maximum absolute atomic E-state index is 5.27. The van der Waals surface area contributed by atoms with Crippen LogP contribution in [0, 0.1) is 12.3 Å². The zero-order valence-corrected chi connectivity index (χ0v) is 7.61. The third-order valence-electron chi connectivity index (χ3n) is 1.62. The van der Waals surface area contributed by atoms with Crippen LogP contribution in [0.2, 0.25) is 0 Å². The van der Waals surface area contributed by atoms with Gasteiger partial charge in [-0.2, -0.15) is 0 Å². The minimum Gasteiger partial charge on any atom is -0.480 e. The molecular weight excluding hydrogens is 166 g/mol. The summed E-state index contributed by atoms with van der Waals surface area (Å²) >= 11 is 0. The van der Waals surface area contributed by atoms with Crippen molar-refractivity contribution in [2.75, 3.05) is 14.2 Å². The fourth-order valence-corrected chi connectivity index (χ4v) is 0.910. The molecule has 0 aliphatic heterocycles. The summed E-state index contributed by atoms with van der Waals surface area (Å²) in [6, 6.07) is 3.31. The molecule has 0 amide bonds. The van der Waals surface area contributed by atoms with Crippen LogP contribution in [0.4, 0.5) is 0 Å². The topological polar surface area (TPSA) is 47.0 Å². The molecular formula is C9H11N3O. The summed E-state index contributed by atoms with van der Waals surface area (Å²) in [5.74, 6) is 3.03. The van der Waals surface area contributed by atoms with Crippen LogP contribution in [0.1, 0.15) is 11.7 Å². The number of rotatable bonds is 3. The Kier molecular flexibility index (Phi) is 3.23. The third-order valence-corrected chi connectivity index (χ3v) is 1.62. The van der Waals surface area contributed by atoms with E-state index in [4.69, 9.17) is 11.2 Å². The summed E-state index contributed by atoms with van der Waals surface area (Å²) < 4.78 is 4.87. The Morgan fingerprint density at radius 3 is 2.69 bits per heavy atom. The van der Waals surface area contributed by atoms with Crippen LogP contribution in [0.5, 0.6) is 5.88 Å². The van der Waals surface area contributed by atoms with Crippen molar-refractivity contribution < 1.29 is 4.74 Å². The highest BCUT2D eigenvalue weighted by molar-refractivity contribution is 5.19. The van der Waals surface area contributed by atoms with Gasteiger partial charge in [-0.15, -0.1) is 16.6 Å². The molecule has 13 heavy (non-hydrogen) atoms. The highest BCUT2D eigenvalue weighted by Crippen LogP contribution is 2.10. The first kappa shape index (κ1) is 9.49. The Bertz CT molecular complexity index is 302. The van der Waals surface area contributed by atoms with Crippen molar-refractivity contribution in [3.8, 4) is 18.2 Å². The number of hydrogen-bond acceptors (Lipinski definition) is 4. The lowest BCUT2D eigenvalue weighted by atomic mass is 10.2. The van der Waals surface area contributed by atoms with E-state index >= 15 is 0 Å². The van der Waals surface area contributed by atoms with Crippen LogP contribution in [0.3, 0.4) is 0 Å². The number of ether oxygens (including phenoxy) is 1. The van der Waals surface area contributed by atoms with Crippen molar-refractivity contribution in [2.24, 2.45) is 0 Å². The molecule has 1 unspecified atom stereocenters. The van der Waals surface area contributed by atoms with Crippen LogP contribution in [0.25, 0.3) is 0 Å². The van der Waals surface area contributed by atoms with E-state index in [1.54, 1.807) is 26.3 Å². The molecule has 1 aromatic heterocycles. The number of nitrogens with one attached hydrogen (secondary N) is 1. The molecule has 68 valence electrons. The zero-order valence-electron chi connectivity index (χ0n) is 7.61. The lowest BCUT2D eigenvalue weighted by Crippen LogP contribution is -2.15. The molecule has 0 aromatic carbocycles. The fourth-order valence-electron chi connectivity index (χ4n) is 0.910. The van der Waals surface area contributed by atoms with Crippen LogP contribution >= 0.6 is 0 Å². The van der Waals surface area contributed by atoms with Gasteiger partial charge >= 0.3 is 0 Å². The number of aromatic nitrogens is 2. The Morgan fingerprint density at radius 2 is 2.31 bits per heavy atom. The van der Waals surface area contributed by atoms with Gasteiger partial charge in [0.25, 0.3) is 0 Å². The van der Waals surface area contributed by atoms with Gasteiger partial charge in [0.15, 0.2) is 0 Å². The second kappa shape index (κ2) is 4.43. The number of terminal acetylenes is 1. The smallest absolute Gasteiger partial charge is 0.233 e. The molecule has 1 atom stereocenters. The van der Waals surface area contributed by atoms with Gasteiger partial charge in [0.1, 0.15) is 6.04 Å². The second-order valence-corrected chi connectivity index (χ2v) is 2.39. The predicted molar refractivity (Wildman–Crippen MR) is 49.2 cm³/mol.